The molecule has 0 radical (unpaired) electrons. The number of rotatable bonds is 5. The van der Waals surface area contributed by atoms with Gasteiger partial charge in [-0.05, 0) is 58.3 Å². The van der Waals surface area contributed by atoms with Crippen molar-refractivity contribution in [2.24, 2.45) is 0 Å². The Kier molecular flexibility index (Phi) is 4.51. The zero-order valence-corrected chi connectivity index (χ0v) is 11.9. The number of hydrogen-bond acceptors (Lipinski definition) is 3. The molecule has 1 aromatic rings. The molecule has 1 atom stereocenters. The summed E-state index contributed by atoms with van der Waals surface area (Å²) in [5.41, 5.74) is 1.39. The van der Waals surface area contributed by atoms with E-state index in [-0.39, 0.29) is 0 Å². The van der Waals surface area contributed by atoms with Gasteiger partial charge in [0, 0.05) is 18.8 Å². The first kappa shape index (κ1) is 13.1. The average molecular weight is 262 g/mol. The number of aromatic nitrogens is 2. The summed E-state index contributed by atoms with van der Waals surface area (Å²) in [5.74, 6) is 0. The molecule has 2 saturated heterocycles. The third-order valence-electron chi connectivity index (χ3n) is 4.48. The van der Waals surface area contributed by atoms with Crippen LogP contribution in [0.1, 0.15) is 50.3 Å². The van der Waals surface area contributed by atoms with Crippen LogP contribution < -0.4 is 5.32 Å². The van der Waals surface area contributed by atoms with Gasteiger partial charge in [-0.3, -0.25) is 0 Å². The SMILES string of the molecule is c1ncn(CCCN2CCCC2)c1C1CCCCN1. The molecule has 1 aromatic heterocycles. The van der Waals surface area contributed by atoms with Gasteiger partial charge in [-0.2, -0.15) is 0 Å². The Morgan fingerprint density at radius 1 is 1.16 bits per heavy atom. The van der Waals surface area contributed by atoms with E-state index in [2.05, 4.69) is 26.0 Å². The van der Waals surface area contributed by atoms with E-state index in [4.69, 9.17) is 0 Å². The highest BCUT2D eigenvalue weighted by Crippen LogP contribution is 2.22. The minimum atomic E-state index is 0.531. The Morgan fingerprint density at radius 2 is 2.05 bits per heavy atom. The van der Waals surface area contributed by atoms with Crippen LogP contribution in [0.4, 0.5) is 0 Å². The van der Waals surface area contributed by atoms with Crippen LogP contribution >= 0.6 is 0 Å². The van der Waals surface area contributed by atoms with Crippen LogP contribution in [0.25, 0.3) is 0 Å². The molecule has 0 aromatic carbocycles. The van der Waals surface area contributed by atoms with Crippen LogP contribution in [-0.4, -0.2) is 40.6 Å². The van der Waals surface area contributed by atoms with Crippen molar-refractivity contribution in [1.82, 2.24) is 19.8 Å². The zero-order chi connectivity index (χ0) is 12.9. The molecule has 2 aliphatic heterocycles. The van der Waals surface area contributed by atoms with Gasteiger partial charge < -0.3 is 14.8 Å². The summed E-state index contributed by atoms with van der Waals surface area (Å²) in [7, 11) is 0. The lowest BCUT2D eigenvalue weighted by atomic mass is 10.0. The highest BCUT2D eigenvalue weighted by Gasteiger charge is 2.18. The van der Waals surface area contributed by atoms with Gasteiger partial charge in [-0.15, -0.1) is 0 Å². The van der Waals surface area contributed by atoms with Crippen molar-refractivity contribution in [3.05, 3.63) is 18.2 Å². The number of imidazole rings is 1. The molecular formula is C15H26N4. The predicted octanol–water partition coefficient (Wildman–Crippen LogP) is 2.18. The Bertz CT molecular complexity index is 375. The summed E-state index contributed by atoms with van der Waals surface area (Å²) >= 11 is 0. The van der Waals surface area contributed by atoms with E-state index in [1.807, 2.05) is 6.33 Å². The first-order chi connectivity index (χ1) is 9.43. The highest BCUT2D eigenvalue weighted by molar-refractivity contribution is 5.06. The summed E-state index contributed by atoms with van der Waals surface area (Å²) < 4.78 is 2.36. The summed E-state index contributed by atoms with van der Waals surface area (Å²) in [4.78, 5) is 6.95. The Labute approximate surface area is 116 Å². The fourth-order valence-electron chi connectivity index (χ4n) is 3.38. The van der Waals surface area contributed by atoms with E-state index < -0.39 is 0 Å². The second kappa shape index (κ2) is 6.53. The van der Waals surface area contributed by atoms with Crippen LogP contribution in [0.3, 0.4) is 0 Å². The van der Waals surface area contributed by atoms with E-state index in [0.717, 1.165) is 13.1 Å². The lowest BCUT2D eigenvalue weighted by molar-refractivity contribution is 0.321. The minimum Gasteiger partial charge on any atom is -0.333 e. The normalized spacial score (nSPS) is 24.9. The molecule has 0 spiro atoms. The van der Waals surface area contributed by atoms with Crippen LogP contribution in [0.15, 0.2) is 12.5 Å². The van der Waals surface area contributed by atoms with E-state index in [9.17, 15) is 0 Å². The van der Waals surface area contributed by atoms with Gasteiger partial charge in [0.1, 0.15) is 0 Å². The number of hydrogen-bond donors (Lipinski definition) is 1. The molecule has 4 nitrogen and oxygen atoms in total. The van der Waals surface area contributed by atoms with E-state index in [1.165, 1.54) is 63.9 Å². The highest BCUT2D eigenvalue weighted by atomic mass is 15.1. The van der Waals surface area contributed by atoms with Gasteiger partial charge in [0.25, 0.3) is 0 Å². The second-order valence-corrected chi connectivity index (χ2v) is 5.92. The molecule has 3 rings (SSSR count). The molecule has 4 heteroatoms. The smallest absolute Gasteiger partial charge is 0.0948 e. The predicted molar refractivity (Wildman–Crippen MR) is 77.1 cm³/mol. The zero-order valence-electron chi connectivity index (χ0n) is 11.9. The summed E-state index contributed by atoms with van der Waals surface area (Å²) in [6.07, 6.45) is 12.0. The molecule has 0 bridgehead atoms. The third kappa shape index (κ3) is 3.37. The summed E-state index contributed by atoms with van der Waals surface area (Å²) in [6.45, 7) is 6.13. The molecule has 106 valence electrons. The Balaban J connectivity index is 1.51. The number of aryl methyl sites for hydroxylation is 1. The van der Waals surface area contributed by atoms with Crippen LogP contribution in [0.2, 0.25) is 0 Å². The molecule has 0 amide bonds. The van der Waals surface area contributed by atoms with E-state index >= 15 is 0 Å². The Hall–Kier alpha value is -0.870. The van der Waals surface area contributed by atoms with Crippen molar-refractivity contribution in [3.63, 3.8) is 0 Å². The number of piperidine rings is 1. The molecule has 2 fully saturated rings. The molecule has 2 aliphatic rings. The van der Waals surface area contributed by atoms with E-state index in [1.54, 1.807) is 0 Å². The van der Waals surface area contributed by atoms with E-state index in [0.29, 0.717) is 6.04 Å². The van der Waals surface area contributed by atoms with Crippen LogP contribution in [0.5, 0.6) is 0 Å². The van der Waals surface area contributed by atoms with Crippen molar-refractivity contribution in [2.75, 3.05) is 26.2 Å². The number of likely N-dealkylation sites (tertiary alicyclic amines) is 1. The van der Waals surface area contributed by atoms with Crippen molar-refractivity contribution in [1.29, 1.82) is 0 Å². The van der Waals surface area contributed by atoms with Gasteiger partial charge in [0.15, 0.2) is 0 Å². The molecule has 19 heavy (non-hydrogen) atoms. The van der Waals surface area contributed by atoms with Gasteiger partial charge in [0.2, 0.25) is 0 Å². The fourth-order valence-corrected chi connectivity index (χ4v) is 3.38. The standard InChI is InChI=1S/C15H26N4/c1-2-7-17-14(6-1)15-12-16-13-19(15)11-5-10-18-8-3-4-9-18/h12-14,17H,1-11H2. The van der Waals surface area contributed by atoms with Gasteiger partial charge in [-0.25, -0.2) is 4.98 Å². The number of nitrogens with one attached hydrogen (secondary N) is 1. The third-order valence-corrected chi connectivity index (χ3v) is 4.48. The maximum absolute atomic E-state index is 4.36. The maximum Gasteiger partial charge on any atom is 0.0948 e. The molecule has 1 unspecified atom stereocenters. The largest absolute Gasteiger partial charge is 0.333 e. The quantitative estimate of drug-likeness (QED) is 0.883. The molecular weight excluding hydrogens is 236 g/mol. The summed E-state index contributed by atoms with van der Waals surface area (Å²) in [6, 6.07) is 0.531. The fraction of sp³-hybridized carbons (Fsp3) is 0.800. The van der Waals surface area contributed by atoms with Gasteiger partial charge in [0.05, 0.1) is 12.0 Å². The van der Waals surface area contributed by atoms with Crippen LogP contribution in [-0.2, 0) is 6.54 Å². The Morgan fingerprint density at radius 3 is 2.84 bits per heavy atom. The molecule has 0 aliphatic carbocycles. The number of nitrogens with zero attached hydrogens (tertiary/aromatic N) is 3. The van der Waals surface area contributed by atoms with Crippen molar-refractivity contribution >= 4 is 0 Å². The topological polar surface area (TPSA) is 33.1 Å². The molecule has 1 N–H and O–H groups in total. The lowest BCUT2D eigenvalue weighted by Gasteiger charge is -2.24. The molecule has 0 saturated carbocycles. The van der Waals surface area contributed by atoms with Crippen molar-refractivity contribution in [2.45, 2.75) is 51.1 Å². The van der Waals surface area contributed by atoms with Gasteiger partial charge in [-0.1, -0.05) is 6.42 Å². The maximum atomic E-state index is 4.36. The van der Waals surface area contributed by atoms with Crippen molar-refractivity contribution < 1.29 is 0 Å². The monoisotopic (exact) mass is 262 g/mol. The van der Waals surface area contributed by atoms with Crippen molar-refractivity contribution in [3.8, 4) is 0 Å². The first-order valence-corrected chi connectivity index (χ1v) is 7.89. The second-order valence-electron chi connectivity index (χ2n) is 5.92. The lowest BCUT2D eigenvalue weighted by Crippen LogP contribution is -2.29. The van der Waals surface area contributed by atoms with Gasteiger partial charge >= 0.3 is 0 Å². The molecule has 3 heterocycles. The summed E-state index contributed by atoms with van der Waals surface area (Å²) in [5, 5.41) is 3.62. The minimum absolute atomic E-state index is 0.531. The van der Waals surface area contributed by atoms with Crippen LogP contribution in [0, 0.1) is 0 Å². The first-order valence-electron chi connectivity index (χ1n) is 7.89. The average Bonchev–Trinajstić information content (AvgIpc) is 3.11.